The van der Waals surface area contributed by atoms with E-state index in [4.69, 9.17) is 27.6 Å². The van der Waals surface area contributed by atoms with Gasteiger partial charge in [-0.25, -0.2) is 0 Å². The second-order valence-electron chi connectivity index (χ2n) is 3.34. The zero-order chi connectivity index (χ0) is 11.1. The fraction of sp³-hybridized carbons (Fsp3) is 0. The molecular formula is C11H6Cl2N2O. The molecule has 2 heterocycles. The van der Waals surface area contributed by atoms with Crippen LogP contribution in [0.3, 0.4) is 0 Å². The molecule has 0 fully saturated rings. The molecule has 0 aliphatic carbocycles. The highest BCUT2D eigenvalue weighted by Crippen LogP contribution is 2.29. The van der Waals surface area contributed by atoms with Crippen LogP contribution in [0.15, 0.2) is 41.3 Å². The summed E-state index contributed by atoms with van der Waals surface area (Å²) in [6, 6.07) is 5.32. The van der Waals surface area contributed by atoms with E-state index in [0.717, 1.165) is 11.3 Å². The quantitative estimate of drug-likeness (QED) is 0.658. The predicted octanol–water partition coefficient (Wildman–Crippen LogP) is 3.90. The highest BCUT2D eigenvalue weighted by Gasteiger charge is 2.09. The van der Waals surface area contributed by atoms with Crippen molar-refractivity contribution >= 4 is 29.0 Å². The number of hydrogen-bond donors (Lipinski definition) is 0. The summed E-state index contributed by atoms with van der Waals surface area (Å²) in [7, 11) is 0. The molecule has 0 saturated carbocycles. The van der Waals surface area contributed by atoms with E-state index >= 15 is 0 Å². The number of rotatable bonds is 1. The molecule has 0 spiro atoms. The molecule has 2 aromatic heterocycles. The normalized spacial score (nSPS) is 11.1. The van der Waals surface area contributed by atoms with Crippen molar-refractivity contribution in [2.45, 2.75) is 0 Å². The predicted molar refractivity (Wildman–Crippen MR) is 62.9 cm³/mol. The first kappa shape index (κ1) is 9.75. The SMILES string of the molecule is Clc1ccc(-c2cn3ccoc3n2)c(Cl)c1. The third kappa shape index (κ3) is 1.49. The maximum Gasteiger partial charge on any atom is 0.306 e. The van der Waals surface area contributed by atoms with Gasteiger partial charge in [-0.1, -0.05) is 23.2 Å². The van der Waals surface area contributed by atoms with E-state index < -0.39 is 0 Å². The van der Waals surface area contributed by atoms with Crippen molar-refractivity contribution < 1.29 is 4.42 Å². The first-order chi connectivity index (χ1) is 7.74. The number of fused-ring (bicyclic) bond motifs is 1. The van der Waals surface area contributed by atoms with Gasteiger partial charge in [-0.2, -0.15) is 4.98 Å². The van der Waals surface area contributed by atoms with Crippen LogP contribution in [-0.2, 0) is 0 Å². The highest BCUT2D eigenvalue weighted by atomic mass is 35.5. The number of aromatic nitrogens is 2. The molecule has 3 nitrogen and oxygen atoms in total. The minimum Gasteiger partial charge on any atom is -0.432 e. The van der Waals surface area contributed by atoms with Crippen LogP contribution >= 0.6 is 23.2 Å². The van der Waals surface area contributed by atoms with Crippen molar-refractivity contribution in [3.63, 3.8) is 0 Å². The van der Waals surface area contributed by atoms with Crippen LogP contribution in [0.2, 0.25) is 10.0 Å². The van der Waals surface area contributed by atoms with E-state index in [9.17, 15) is 0 Å². The van der Waals surface area contributed by atoms with Gasteiger partial charge in [0.15, 0.2) is 0 Å². The minimum atomic E-state index is 0.543. The monoisotopic (exact) mass is 252 g/mol. The van der Waals surface area contributed by atoms with E-state index in [-0.39, 0.29) is 0 Å². The number of nitrogens with zero attached hydrogens (tertiary/aromatic N) is 2. The Bertz CT molecular complexity index is 628. The molecule has 16 heavy (non-hydrogen) atoms. The van der Waals surface area contributed by atoms with Crippen molar-refractivity contribution in [3.05, 3.63) is 46.9 Å². The van der Waals surface area contributed by atoms with Crippen molar-refractivity contribution in [1.29, 1.82) is 0 Å². The van der Waals surface area contributed by atoms with Crippen molar-refractivity contribution in [3.8, 4) is 11.3 Å². The molecule has 1 aromatic carbocycles. The van der Waals surface area contributed by atoms with Crippen LogP contribution in [0.4, 0.5) is 0 Å². The van der Waals surface area contributed by atoms with Gasteiger partial charge >= 0.3 is 5.84 Å². The summed E-state index contributed by atoms with van der Waals surface area (Å²) in [5, 5.41) is 1.19. The first-order valence-corrected chi connectivity index (χ1v) is 5.37. The molecule has 0 aliphatic heterocycles. The number of benzene rings is 1. The molecule has 0 aliphatic rings. The zero-order valence-corrected chi connectivity index (χ0v) is 9.53. The fourth-order valence-electron chi connectivity index (χ4n) is 1.55. The maximum atomic E-state index is 6.09. The Balaban J connectivity index is 2.19. The van der Waals surface area contributed by atoms with Crippen molar-refractivity contribution in [2.75, 3.05) is 0 Å². The molecule has 0 bridgehead atoms. The van der Waals surface area contributed by atoms with E-state index in [1.807, 2.05) is 12.3 Å². The van der Waals surface area contributed by atoms with Crippen LogP contribution in [0.5, 0.6) is 0 Å². The van der Waals surface area contributed by atoms with E-state index in [0.29, 0.717) is 15.9 Å². The lowest BCUT2D eigenvalue weighted by atomic mass is 10.2. The van der Waals surface area contributed by atoms with Crippen LogP contribution in [0.1, 0.15) is 0 Å². The molecule has 0 radical (unpaired) electrons. The molecule has 0 amide bonds. The van der Waals surface area contributed by atoms with Crippen molar-refractivity contribution in [1.82, 2.24) is 9.38 Å². The van der Waals surface area contributed by atoms with Gasteiger partial charge in [-0.3, -0.25) is 4.40 Å². The summed E-state index contributed by atoms with van der Waals surface area (Å²) in [6.07, 6.45) is 5.22. The van der Waals surface area contributed by atoms with E-state index in [1.165, 1.54) is 0 Å². The third-order valence-electron chi connectivity index (χ3n) is 2.30. The first-order valence-electron chi connectivity index (χ1n) is 4.62. The van der Waals surface area contributed by atoms with Crippen molar-refractivity contribution in [2.24, 2.45) is 0 Å². The molecule has 80 valence electrons. The summed E-state index contributed by atoms with van der Waals surface area (Å²) in [5.74, 6) is 0.543. The molecule has 5 heteroatoms. The Morgan fingerprint density at radius 1 is 1.25 bits per heavy atom. The summed E-state index contributed by atoms with van der Waals surface area (Å²) >= 11 is 11.9. The van der Waals surface area contributed by atoms with Crippen LogP contribution in [-0.4, -0.2) is 9.38 Å². The molecule has 3 aromatic rings. The number of hydrogen-bond acceptors (Lipinski definition) is 2. The molecular weight excluding hydrogens is 247 g/mol. The van der Waals surface area contributed by atoms with Gasteiger partial charge in [-0.15, -0.1) is 0 Å². The van der Waals surface area contributed by atoms with Gasteiger partial charge in [0, 0.05) is 23.0 Å². The second-order valence-corrected chi connectivity index (χ2v) is 4.19. The lowest BCUT2D eigenvalue weighted by Crippen LogP contribution is -1.79. The zero-order valence-electron chi connectivity index (χ0n) is 8.02. The van der Waals surface area contributed by atoms with Gasteiger partial charge in [0.1, 0.15) is 6.26 Å². The topological polar surface area (TPSA) is 30.4 Å². The largest absolute Gasteiger partial charge is 0.432 e. The van der Waals surface area contributed by atoms with Gasteiger partial charge in [0.05, 0.1) is 10.7 Å². The van der Waals surface area contributed by atoms with Gasteiger partial charge in [0.25, 0.3) is 0 Å². The van der Waals surface area contributed by atoms with Gasteiger partial charge in [0.2, 0.25) is 0 Å². The highest BCUT2D eigenvalue weighted by molar-refractivity contribution is 6.36. The molecule has 0 atom stereocenters. The van der Waals surface area contributed by atoms with Gasteiger partial charge in [-0.05, 0) is 18.2 Å². The van der Waals surface area contributed by atoms with E-state index in [1.54, 1.807) is 29.0 Å². The summed E-state index contributed by atoms with van der Waals surface area (Å²) in [5.41, 5.74) is 1.60. The minimum absolute atomic E-state index is 0.543. The number of imidazole rings is 1. The van der Waals surface area contributed by atoms with Crippen LogP contribution < -0.4 is 0 Å². The smallest absolute Gasteiger partial charge is 0.306 e. The summed E-state index contributed by atoms with van der Waals surface area (Å²) in [4.78, 5) is 4.30. The van der Waals surface area contributed by atoms with Crippen LogP contribution in [0.25, 0.3) is 17.1 Å². The molecule has 0 unspecified atom stereocenters. The lowest BCUT2D eigenvalue weighted by Gasteiger charge is -1.99. The Morgan fingerprint density at radius 3 is 2.88 bits per heavy atom. The Kier molecular flexibility index (Phi) is 2.16. The molecule has 3 rings (SSSR count). The molecule has 0 N–H and O–H groups in total. The molecule has 0 saturated heterocycles. The average Bonchev–Trinajstić information content (AvgIpc) is 2.76. The standard InChI is InChI=1S/C11H6Cl2N2O/c12-7-1-2-8(9(13)5-7)10-6-15-3-4-16-11(15)14-10/h1-6H. The summed E-state index contributed by atoms with van der Waals surface area (Å²) < 4.78 is 6.96. The Labute approximate surface area is 101 Å². The fourth-order valence-corrected chi connectivity index (χ4v) is 2.06. The third-order valence-corrected chi connectivity index (χ3v) is 2.85. The Morgan fingerprint density at radius 2 is 2.12 bits per heavy atom. The Hall–Kier alpha value is -1.45. The number of oxazole rings is 1. The van der Waals surface area contributed by atoms with Crippen LogP contribution in [0, 0.1) is 0 Å². The second kappa shape index (κ2) is 3.54. The number of halogens is 2. The summed E-state index contributed by atoms with van der Waals surface area (Å²) in [6.45, 7) is 0. The van der Waals surface area contributed by atoms with E-state index in [2.05, 4.69) is 4.98 Å². The van der Waals surface area contributed by atoms with Gasteiger partial charge < -0.3 is 4.42 Å². The maximum absolute atomic E-state index is 6.09. The lowest BCUT2D eigenvalue weighted by molar-refractivity contribution is 0.596. The average molecular weight is 253 g/mol.